The smallest absolute Gasteiger partial charge is 0.0889 e. The van der Waals surface area contributed by atoms with Crippen LogP contribution in [0.4, 0.5) is 0 Å². The summed E-state index contributed by atoms with van der Waals surface area (Å²) < 4.78 is 1.30. The van der Waals surface area contributed by atoms with Crippen LogP contribution in [0.5, 0.6) is 0 Å². The molecule has 1 nitrogen and oxygen atoms in total. The fourth-order valence-electron chi connectivity index (χ4n) is 13.1. The van der Waals surface area contributed by atoms with E-state index in [1.165, 1.54) is 152 Å². The van der Waals surface area contributed by atoms with E-state index in [1.54, 1.807) is 38.5 Å². The quantitative estimate of drug-likeness (QED) is 0.0549. The molecule has 0 aromatic heterocycles. The Balaban J connectivity index is 0.00000650. The van der Waals surface area contributed by atoms with Crippen molar-refractivity contribution in [2.75, 3.05) is 20.6 Å². The average Bonchev–Trinajstić information content (AvgIpc) is 3.41. The molecule has 4 fully saturated rings. The molecule has 0 amide bonds. The predicted molar refractivity (Wildman–Crippen MR) is 213 cm³/mol. The van der Waals surface area contributed by atoms with E-state index in [2.05, 4.69) is 55.6 Å². The summed E-state index contributed by atoms with van der Waals surface area (Å²) >= 11 is 0. The molecule has 4 aliphatic rings. The Labute approximate surface area is 327 Å². The van der Waals surface area contributed by atoms with Gasteiger partial charge in [-0.2, -0.15) is 0 Å². The number of rotatable bonds is 23. The van der Waals surface area contributed by atoms with Crippen molar-refractivity contribution < 1.29 is 28.5 Å². The third-order valence-corrected chi connectivity index (χ3v) is 16.4. The molecule has 2 heteroatoms. The minimum Gasteiger partial charge on any atom is -1.00 e. The lowest BCUT2D eigenvalue weighted by Crippen LogP contribution is -3.00. The highest BCUT2D eigenvalue weighted by atomic mass is 127. The zero-order valence-electron chi connectivity index (χ0n) is 35.0. The van der Waals surface area contributed by atoms with Crippen molar-refractivity contribution in [3.63, 3.8) is 0 Å². The second kappa shape index (κ2) is 21.5. The summed E-state index contributed by atoms with van der Waals surface area (Å²) in [4.78, 5) is 0. The summed E-state index contributed by atoms with van der Waals surface area (Å²) in [5.41, 5.74) is 1.28. The summed E-state index contributed by atoms with van der Waals surface area (Å²) in [6.45, 7) is 16.8. The Hall–Kier alpha value is 0.690. The minimum atomic E-state index is 0. The van der Waals surface area contributed by atoms with E-state index in [0.717, 1.165) is 47.5 Å². The molecule has 49 heavy (non-hydrogen) atoms. The third-order valence-electron chi connectivity index (χ3n) is 16.4. The molecule has 0 aromatic carbocycles. The normalized spacial score (nSPS) is 33.5. The van der Waals surface area contributed by atoms with Crippen LogP contribution >= 0.6 is 0 Å². The summed E-state index contributed by atoms with van der Waals surface area (Å²) in [6, 6.07) is 0.910. The molecule has 0 saturated heterocycles. The molecule has 4 saturated carbocycles. The van der Waals surface area contributed by atoms with E-state index in [1.807, 2.05) is 0 Å². The molecular weight excluding hydrogens is 705 g/mol. The first kappa shape index (κ1) is 44.1. The van der Waals surface area contributed by atoms with Gasteiger partial charge in [-0.05, 0) is 116 Å². The summed E-state index contributed by atoms with van der Waals surface area (Å²) in [5, 5.41) is 0. The number of nitrogens with zero attached hydrogens (tertiary/aromatic N) is 1. The Kier molecular flexibility index (Phi) is 19.4. The largest absolute Gasteiger partial charge is 1.00 e. The van der Waals surface area contributed by atoms with E-state index in [0.29, 0.717) is 10.8 Å². The molecule has 4 unspecified atom stereocenters. The molecule has 9 atom stereocenters. The highest BCUT2D eigenvalue weighted by Crippen LogP contribution is 2.68. The van der Waals surface area contributed by atoms with Crippen molar-refractivity contribution >= 4 is 0 Å². The zero-order chi connectivity index (χ0) is 34.6. The Bertz CT molecular complexity index is 881. The number of quaternary nitrogens is 1. The van der Waals surface area contributed by atoms with Crippen LogP contribution in [0.3, 0.4) is 0 Å². The van der Waals surface area contributed by atoms with Gasteiger partial charge in [0.1, 0.15) is 0 Å². The Morgan fingerprint density at radius 3 is 1.67 bits per heavy atom. The fourth-order valence-corrected chi connectivity index (χ4v) is 13.1. The molecule has 0 radical (unpaired) electrons. The van der Waals surface area contributed by atoms with Gasteiger partial charge < -0.3 is 28.5 Å². The van der Waals surface area contributed by atoms with Crippen molar-refractivity contribution in [3.8, 4) is 0 Å². The van der Waals surface area contributed by atoms with Crippen LogP contribution in [-0.4, -0.2) is 31.2 Å². The second-order valence-corrected chi connectivity index (χ2v) is 20.4. The Morgan fingerprint density at radius 1 is 0.571 bits per heavy atom. The predicted octanol–water partition coefficient (Wildman–Crippen LogP) is 11.8. The molecule has 0 heterocycles. The van der Waals surface area contributed by atoms with Crippen LogP contribution in [0.15, 0.2) is 0 Å². The maximum Gasteiger partial charge on any atom is 0.0889 e. The van der Waals surface area contributed by atoms with Gasteiger partial charge in [-0.1, -0.05) is 151 Å². The van der Waals surface area contributed by atoms with Gasteiger partial charge in [-0.3, -0.25) is 0 Å². The lowest BCUT2D eigenvalue weighted by atomic mass is 9.44. The van der Waals surface area contributed by atoms with Gasteiger partial charge in [0, 0.05) is 6.42 Å². The minimum absolute atomic E-state index is 0. The van der Waals surface area contributed by atoms with Crippen molar-refractivity contribution in [2.45, 2.75) is 227 Å². The third kappa shape index (κ3) is 12.1. The van der Waals surface area contributed by atoms with Crippen LogP contribution in [0.25, 0.3) is 0 Å². The Morgan fingerprint density at radius 2 is 1.10 bits per heavy atom. The highest BCUT2D eigenvalue weighted by molar-refractivity contribution is 5.09. The standard InChI is InChI=1S/C47H90N.HI/c1-9-10-11-12-13-14-15-16-17-18-19-20-21-22-23-24-36-48(7,8)41-32-34-46(5)40(37-41)28-29-42-44-31-30-43(39(4)27-25-26-38(2)3)47(44,6)35-33-45(42)46;/h38-45H,9-37H2,1-8H3;1H/q+1;/p-1/t39-,40?,41-,42?,43-,44?,45?,46+,47-;/m1./s1. The fraction of sp³-hybridized carbons (Fsp3) is 1.00. The molecule has 0 N–H and O–H groups in total. The summed E-state index contributed by atoms with van der Waals surface area (Å²) in [6.07, 6.45) is 41.8. The topological polar surface area (TPSA) is 0 Å². The van der Waals surface area contributed by atoms with Gasteiger partial charge in [-0.25, -0.2) is 0 Å². The molecule has 0 aliphatic heterocycles. The van der Waals surface area contributed by atoms with Gasteiger partial charge >= 0.3 is 0 Å². The lowest BCUT2D eigenvalue weighted by Gasteiger charge is -2.62. The molecule has 0 aromatic rings. The molecule has 4 rings (SSSR count). The van der Waals surface area contributed by atoms with Gasteiger partial charge in [0.15, 0.2) is 0 Å². The van der Waals surface area contributed by atoms with Crippen LogP contribution < -0.4 is 24.0 Å². The maximum atomic E-state index is 2.81. The van der Waals surface area contributed by atoms with E-state index >= 15 is 0 Å². The SMILES string of the molecule is CCCCCCCCCCCCCCCCCC[N+](C)(C)[C@@H]1CC[C@@]2(C)C(CCC3C2CC[C@@]2(C)C3CC[C@@H]2[C@H](C)CCCC(C)C)C1.[I-]. The highest BCUT2D eigenvalue weighted by Gasteiger charge is 2.61. The number of unbranched alkanes of at least 4 members (excludes halogenated alkanes) is 15. The van der Waals surface area contributed by atoms with Gasteiger partial charge in [0.2, 0.25) is 0 Å². The molecule has 290 valence electrons. The molecular formula is C47H90IN. The average molecular weight is 796 g/mol. The van der Waals surface area contributed by atoms with Crippen molar-refractivity contribution in [1.82, 2.24) is 0 Å². The van der Waals surface area contributed by atoms with Crippen molar-refractivity contribution in [2.24, 2.45) is 52.3 Å². The number of halogens is 1. The van der Waals surface area contributed by atoms with Crippen LogP contribution in [-0.2, 0) is 0 Å². The first-order chi connectivity index (χ1) is 23.0. The van der Waals surface area contributed by atoms with E-state index in [-0.39, 0.29) is 24.0 Å². The van der Waals surface area contributed by atoms with Gasteiger partial charge in [0.25, 0.3) is 0 Å². The van der Waals surface area contributed by atoms with Crippen LogP contribution in [0, 0.1) is 52.3 Å². The second-order valence-electron chi connectivity index (χ2n) is 20.4. The molecule has 4 aliphatic carbocycles. The van der Waals surface area contributed by atoms with Crippen LogP contribution in [0.2, 0.25) is 0 Å². The summed E-state index contributed by atoms with van der Waals surface area (Å²) in [7, 11) is 5.22. The molecule has 0 bridgehead atoms. The number of hydrogen-bond acceptors (Lipinski definition) is 0. The maximum absolute atomic E-state index is 2.81. The van der Waals surface area contributed by atoms with Gasteiger partial charge in [-0.15, -0.1) is 0 Å². The zero-order valence-corrected chi connectivity index (χ0v) is 37.1. The van der Waals surface area contributed by atoms with E-state index < -0.39 is 0 Å². The van der Waals surface area contributed by atoms with Crippen molar-refractivity contribution in [1.29, 1.82) is 0 Å². The first-order valence-electron chi connectivity index (χ1n) is 22.9. The first-order valence-corrected chi connectivity index (χ1v) is 22.9. The van der Waals surface area contributed by atoms with E-state index in [9.17, 15) is 0 Å². The lowest BCUT2D eigenvalue weighted by molar-refractivity contribution is -0.917. The van der Waals surface area contributed by atoms with E-state index in [4.69, 9.17) is 0 Å². The van der Waals surface area contributed by atoms with Crippen molar-refractivity contribution in [3.05, 3.63) is 0 Å². The van der Waals surface area contributed by atoms with Gasteiger partial charge in [0.05, 0.1) is 26.7 Å². The number of fused-ring (bicyclic) bond motifs is 5. The van der Waals surface area contributed by atoms with Crippen LogP contribution in [0.1, 0.15) is 221 Å². The monoisotopic (exact) mass is 796 g/mol. The number of hydrogen-bond donors (Lipinski definition) is 0. The molecule has 0 spiro atoms. The summed E-state index contributed by atoms with van der Waals surface area (Å²) in [5.74, 6) is 6.91.